The first-order valence-electron chi connectivity index (χ1n) is 6.39. The van der Waals surface area contributed by atoms with E-state index >= 15 is 0 Å². The molecule has 0 aromatic heterocycles. The second kappa shape index (κ2) is 6.56. The Hall–Kier alpha value is -2.82. The van der Waals surface area contributed by atoms with Gasteiger partial charge in [0.05, 0.1) is 18.5 Å². The van der Waals surface area contributed by atoms with Crippen molar-refractivity contribution in [1.82, 2.24) is 0 Å². The molecule has 108 valence electrons. The topological polar surface area (TPSA) is 70.9 Å². The van der Waals surface area contributed by atoms with Gasteiger partial charge < -0.3 is 15.3 Å². The molecule has 0 fully saturated rings. The fourth-order valence-electron chi connectivity index (χ4n) is 1.90. The van der Waals surface area contributed by atoms with Gasteiger partial charge in [-0.1, -0.05) is 23.4 Å². The van der Waals surface area contributed by atoms with Crippen molar-refractivity contribution in [2.45, 2.75) is 6.92 Å². The summed E-state index contributed by atoms with van der Waals surface area (Å²) in [7, 11) is 1.57. The number of hydrogen-bond donors (Lipinski definition) is 2. The summed E-state index contributed by atoms with van der Waals surface area (Å²) in [6.45, 7) is 1.67. The van der Waals surface area contributed by atoms with Gasteiger partial charge in [0.1, 0.15) is 5.75 Å². The lowest BCUT2D eigenvalue weighted by atomic mass is 10.1. The van der Waals surface area contributed by atoms with E-state index in [2.05, 4.69) is 10.5 Å². The molecule has 0 saturated heterocycles. The van der Waals surface area contributed by atoms with E-state index in [-0.39, 0.29) is 5.91 Å². The van der Waals surface area contributed by atoms with Crippen LogP contribution in [0.25, 0.3) is 0 Å². The molecule has 0 saturated carbocycles. The molecule has 5 heteroatoms. The SMILES string of the molecule is COc1ccc(C(=O)Nc2ccccc2/C(C)=N/O)cc1. The largest absolute Gasteiger partial charge is 0.497 e. The van der Waals surface area contributed by atoms with E-state index < -0.39 is 0 Å². The average Bonchev–Trinajstić information content (AvgIpc) is 2.54. The summed E-state index contributed by atoms with van der Waals surface area (Å²) >= 11 is 0. The molecule has 0 heterocycles. The molecule has 0 aliphatic carbocycles. The van der Waals surface area contributed by atoms with Gasteiger partial charge in [-0.2, -0.15) is 0 Å². The Morgan fingerprint density at radius 2 is 1.81 bits per heavy atom. The fraction of sp³-hybridized carbons (Fsp3) is 0.125. The number of ether oxygens (including phenoxy) is 1. The summed E-state index contributed by atoms with van der Waals surface area (Å²) in [6.07, 6.45) is 0. The normalized spacial score (nSPS) is 11.0. The molecule has 0 unspecified atom stereocenters. The van der Waals surface area contributed by atoms with Gasteiger partial charge in [0.15, 0.2) is 0 Å². The Bertz CT molecular complexity index is 663. The third kappa shape index (κ3) is 3.39. The van der Waals surface area contributed by atoms with Gasteiger partial charge in [-0.05, 0) is 37.3 Å². The molecule has 1 amide bonds. The fourth-order valence-corrected chi connectivity index (χ4v) is 1.90. The van der Waals surface area contributed by atoms with E-state index in [0.717, 1.165) is 0 Å². The maximum absolute atomic E-state index is 12.2. The van der Waals surface area contributed by atoms with Gasteiger partial charge >= 0.3 is 0 Å². The number of rotatable bonds is 4. The minimum Gasteiger partial charge on any atom is -0.497 e. The van der Waals surface area contributed by atoms with Crippen molar-refractivity contribution in [1.29, 1.82) is 0 Å². The van der Waals surface area contributed by atoms with Crippen LogP contribution in [0.15, 0.2) is 53.7 Å². The van der Waals surface area contributed by atoms with E-state index in [4.69, 9.17) is 9.94 Å². The molecule has 5 nitrogen and oxygen atoms in total. The zero-order valence-electron chi connectivity index (χ0n) is 11.8. The lowest BCUT2D eigenvalue weighted by Gasteiger charge is -2.10. The number of methoxy groups -OCH3 is 1. The Morgan fingerprint density at radius 3 is 2.43 bits per heavy atom. The van der Waals surface area contributed by atoms with Gasteiger partial charge in [-0.3, -0.25) is 4.79 Å². The quantitative estimate of drug-likeness (QED) is 0.514. The molecule has 21 heavy (non-hydrogen) atoms. The van der Waals surface area contributed by atoms with Gasteiger partial charge in [0.2, 0.25) is 0 Å². The first-order valence-corrected chi connectivity index (χ1v) is 6.39. The predicted molar refractivity (Wildman–Crippen MR) is 81.4 cm³/mol. The van der Waals surface area contributed by atoms with Crippen LogP contribution in [0.1, 0.15) is 22.8 Å². The third-order valence-electron chi connectivity index (χ3n) is 3.07. The van der Waals surface area contributed by atoms with E-state index in [9.17, 15) is 4.79 Å². The minimum atomic E-state index is -0.240. The number of carbonyl (C=O) groups is 1. The maximum Gasteiger partial charge on any atom is 0.255 e. The van der Waals surface area contributed by atoms with Crippen LogP contribution in [0.2, 0.25) is 0 Å². The van der Waals surface area contributed by atoms with Crippen LogP contribution < -0.4 is 10.1 Å². The molecule has 2 aromatic carbocycles. The smallest absolute Gasteiger partial charge is 0.255 e. The molecule has 0 atom stereocenters. The highest BCUT2D eigenvalue weighted by molar-refractivity contribution is 6.10. The second-order valence-electron chi connectivity index (χ2n) is 4.41. The monoisotopic (exact) mass is 284 g/mol. The highest BCUT2D eigenvalue weighted by atomic mass is 16.5. The van der Waals surface area contributed by atoms with Crippen LogP contribution in [0, 0.1) is 0 Å². The number of nitrogens with zero attached hydrogens (tertiary/aromatic N) is 1. The maximum atomic E-state index is 12.2. The molecular formula is C16H16N2O3. The van der Waals surface area contributed by atoms with Crippen LogP contribution >= 0.6 is 0 Å². The number of oxime groups is 1. The van der Waals surface area contributed by atoms with Gasteiger partial charge in [0.25, 0.3) is 5.91 Å². The molecule has 0 aliphatic heterocycles. The Balaban J connectivity index is 2.23. The van der Waals surface area contributed by atoms with Gasteiger partial charge in [0, 0.05) is 11.1 Å². The number of anilines is 1. The molecule has 2 N–H and O–H groups in total. The molecule has 2 aromatic rings. The second-order valence-corrected chi connectivity index (χ2v) is 4.41. The van der Waals surface area contributed by atoms with Crippen LogP contribution in [0.3, 0.4) is 0 Å². The predicted octanol–water partition coefficient (Wildman–Crippen LogP) is 3.15. The number of benzene rings is 2. The number of nitrogens with one attached hydrogen (secondary N) is 1. The number of para-hydroxylation sites is 1. The van der Waals surface area contributed by atoms with Crippen molar-refractivity contribution in [2.75, 3.05) is 12.4 Å². The molecule has 0 bridgehead atoms. The Kier molecular flexibility index (Phi) is 4.56. The van der Waals surface area contributed by atoms with Crippen LogP contribution in [0.4, 0.5) is 5.69 Å². The summed E-state index contributed by atoms with van der Waals surface area (Å²) in [5.74, 6) is 0.450. The first kappa shape index (κ1) is 14.6. The van der Waals surface area contributed by atoms with Crippen molar-refractivity contribution >= 4 is 17.3 Å². The summed E-state index contributed by atoms with van der Waals surface area (Å²) < 4.78 is 5.06. The zero-order valence-corrected chi connectivity index (χ0v) is 11.8. The zero-order chi connectivity index (χ0) is 15.2. The average molecular weight is 284 g/mol. The molecule has 0 radical (unpaired) electrons. The Labute approximate surface area is 122 Å². The molecule has 0 aliphatic rings. The van der Waals surface area contributed by atoms with Crippen molar-refractivity contribution in [3.63, 3.8) is 0 Å². The highest BCUT2D eigenvalue weighted by Crippen LogP contribution is 2.18. The summed E-state index contributed by atoms with van der Waals surface area (Å²) in [4.78, 5) is 12.2. The van der Waals surface area contributed by atoms with E-state index in [1.807, 2.05) is 6.07 Å². The van der Waals surface area contributed by atoms with E-state index in [1.165, 1.54) is 0 Å². The molecule has 0 spiro atoms. The number of hydrogen-bond acceptors (Lipinski definition) is 4. The van der Waals surface area contributed by atoms with Crippen LogP contribution in [-0.2, 0) is 0 Å². The number of carbonyl (C=O) groups excluding carboxylic acids is 1. The summed E-state index contributed by atoms with van der Waals surface area (Å²) in [5.41, 5.74) is 2.21. The van der Waals surface area contributed by atoms with Gasteiger partial charge in [-0.15, -0.1) is 0 Å². The van der Waals surface area contributed by atoms with Crippen LogP contribution in [0.5, 0.6) is 5.75 Å². The lowest BCUT2D eigenvalue weighted by molar-refractivity contribution is 0.102. The van der Waals surface area contributed by atoms with Crippen LogP contribution in [-0.4, -0.2) is 23.9 Å². The lowest BCUT2D eigenvalue weighted by Crippen LogP contribution is -2.14. The minimum absolute atomic E-state index is 0.240. The summed E-state index contributed by atoms with van der Waals surface area (Å²) in [5, 5.41) is 14.9. The van der Waals surface area contributed by atoms with Crippen molar-refractivity contribution in [3.8, 4) is 5.75 Å². The Morgan fingerprint density at radius 1 is 1.14 bits per heavy atom. The van der Waals surface area contributed by atoms with E-state index in [1.54, 1.807) is 56.5 Å². The summed E-state index contributed by atoms with van der Waals surface area (Å²) in [6, 6.07) is 14.0. The highest BCUT2D eigenvalue weighted by Gasteiger charge is 2.10. The third-order valence-corrected chi connectivity index (χ3v) is 3.07. The van der Waals surface area contributed by atoms with E-state index in [0.29, 0.717) is 28.3 Å². The number of amides is 1. The van der Waals surface area contributed by atoms with Gasteiger partial charge in [-0.25, -0.2) is 0 Å². The molecular weight excluding hydrogens is 268 g/mol. The van der Waals surface area contributed by atoms with Crippen molar-refractivity contribution < 1.29 is 14.7 Å². The molecule has 2 rings (SSSR count). The first-order chi connectivity index (χ1) is 10.2. The van der Waals surface area contributed by atoms with Crippen molar-refractivity contribution in [3.05, 3.63) is 59.7 Å². The van der Waals surface area contributed by atoms with Crippen molar-refractivity contribution in [2.24, 2.45) is 5.16 Å². The standard InChI is InChI=1S/C16H16N2O3/c1-11(18-20)14-5-3-4-6-15(14)17-16(19)12-7-9-13(21-2)10-8-12/h3-10,20H,1-2H3,(H,17,19)/b18-11+.